The molecule has 0 saturated carbocycles. The van der Waals surface area contributed by atoms with Crippen LogP contribution in [0.5, 0.6) is 0 Å². The molecule has 0 aliphatic carbocycles. The molecular weight excluding hydrogens is 304 g/mol. The van der Waals surface area contributed by atoms with E-state index in [0.29, 0.717) is 10.9 Å². The molecule has 2 fully saturated rings. The van der Waals surface area contributed by atoms with Gasteiger partial charge in [-0.3, -0.25) is 4.79 Å². The molecule has 0 radical (unpaired) electrons. The molecule has 1 aromatic rings. The molecule has 5 nitrogen and oxygen atoms in total. The standard InChI is InChI=1S/C14H22N4OS2/c1-11-13(21-16-15-11)14(19)18-7-4-8-20-10-12(18)9-17-5-2-3-6-17/h12H,2-10H2,1H3. The Morgan fingerprint density at radius 1 is 1.29 bits per heavy atom. The minimum atomic E-state index is 0.134. The number of amides is 1. The van der Waals surface area contributed by atoms with Crippen molar-refractivity contribution in [3.05, 3.63) is 10.6 Å². The average molecular weight is 326 g/mol. The predicted molar refractivity (Wildman–Crippen MR) is 87.1 cm³/mol. The van der Waals surface area contributed by atoms with Crippen molar-refractivity contribution in [2.45, 2.75) is 32.2 Å². The SMILES string of the molecule is Cc1nnsc1C(=O)N1CCCSCC1CN1CCCC1. The largest absolute Gasteiger partial charge is 0.333 e. The van der Waals surface area contributed by atoms with Crippen molar-refractivity contribution in [2.75, 3.05) is 37.7 Å². The first-order valence-corrected chi connectivity index (χ1v) is 9.58. The van der Waals surface area contributed by atoms with Gasteiger partial charge in [-0.25, -0.2) is 0 Å². The number of thioether (sulfide) groups is 1. The Morgan fingerprint density at radius 2 is 2.10 bits per heavy atom. The fourth-order valence-electron chi connectivity index (χ4n) is 3.07. The molecule has 0 aromatic carbocycles. The van der Waals surface area contributed by atoms with E-state index >= 15 is 0 Å². The van der Waals surface area contributed by atoms with Crippen LogP contribution in [0.2, 0.25) is 0 Å². The normalized spacial score (nSPS) is 24.2. The Kier molecular flexibility index (Phi) is 5.13. The van der Waals surface area contributed by atoms with Crippen LogP contribution < -0.4 is 0 Å². The summed E-state index contributed by atoms with van der Waals surface area (Å²) in [7, 11) is 0. The molecule has 21 heavy (non-hydrogen) atoms. The van der Waals surface area contributed by atoms with E-state index in [2.05, 4.69) is 19.4 Å². The summed E-state index contributed by atoms with van der Waals surface area (Å²) in [5.41, 5.74) is 0.766. The van der Waals surface area contributed by atoms with E-state index in [1.54, 1.807) is 0 Å². The number of carbonyl (C=O) groups excluding carboxylic acids is 1. The minimum absolute atomic E-state index is 0.134. The number of aryl methyl sites for hydroxylation is 1. The topological polar surface area (TPSA) is 49.3 Å². The Bertz CT molecular complexity index is 487. The number of hydrogen-bond donors (Lipinski definition) is 0. The number of carbonyl (C=O) groups is 1. The summed E-state index contributed by atoms with van der Waals surface area (Å²) in [5.74, 6) is 2.34. The fraction of sp³-hybridized carbons (Fsp3) is 0.786. The monoisotopic (exact) mass is 326 g/mol. The van der Waals surface area contributed by atoms with Gasteiger partial charge in [-0.15, -0.1) is 5.10 Å². The molecule has 0 N–H and O–H groups in total. The Hall–Kier alpha value is -0.660. The van der Waals surface area contributed by atoms with Gasteiger partial charge in [-0.05, 0) is 56.6 Å². The molecule has 1 unspecified atom stereocenters. The minimum Gasteiger partial charge on any atom is -0.333 e. The Balaban J connectivity index is 1.74. The second kappa shape index (κ2) is 7.07. The molecule has 7 heteroatoms. The number of rotatable bonds is 3. The molecule has 1 atom stereocenters. The highest BCUT2D eigenvalue weighted by Gasteiger charge is 2.30. The number of hydrogen-bond acceptors (Lipinski definition) is 6. The Morgan fingerprint density at radius 3 is 2.81 bits per heavy atom. The van der Waals surface area contributed by atoms with Crippen LogP contribution in [0.25, 0.3) is 0 Å². The lowest BCUT2D eigenvalue weighted by molar-refractivity contribution is 0.0670. The number of likely N-dealkylation sites (tertiary alicyclic amines) is 1. The fourth-order valence-corrected chi connectivity index (χ4v) is 4.74. The zero-order valence-electron chi connectivity index (χ0n) is 12.5. The maximum Gasteiger partial charge on any atom is 0.267 e. The van der Waals surface area contributed by atoms with Gasteiger partial charge in [0.05, 0.1) is 11.7 Å². The van der Waals surface area contributed by atoms with E-state index in [9.17, 15) is 4.79 Å². The van der Waals surface area contributed by atoms with Crippen molar-refractivity contribution >= 4 is 29.2 Å². The van der Waals surface area contributed by atoms with E-state index in [1.165, 1.54) is 37.5 Å². The van der Waals surface area contributed by atoms with Crippen LogP contribution in [-0.4, -0.2) is 69.0 Å². The maximum atomic E-state index is 12.8. The van der Waals surface area contributed by atoms with E-state index in [0.717, 1.165) is 36.7 Å². The number of aromatic nitrogens is 2. The molecule has 1 amide bonds. The van der Waals surface area contributed by atoms with Gasteiger partial charge in [0, 0.05) is 18.8 Å². The van der Waals surface area contributed by atoms with Gasteiger partial charge in [0.15, 0.2) is 0 Å². The van der Waals surface area contributed by atoms with Crippen LogP contribution in [0.1, 0.15) is 34.6 Å². The smallest absolute Gasteiger partial charge is 0.267 e. The molecule has 0 spiro atoms. The zero-order valence-corrected chi connectivity index (χ0v) is 14.1. The molecule has 3 rings (SSSR count). The van der Waals surface area contributed by atoms with Gasteiger partial charge in [0.1, 0.15) is 4.88 Å². The third-order valence-corrected chi connectivity index (χ3v) is 6.23. The first-order valence-electron chi connectivity index (χ1n) is 7.65. The molecule has 0 bridgehead atoms. The third-order valence-electron chi connectivity index (χ3n) is 4.21. The Labute approximate surface area is 134 Å². The van der Waals surface area contributed by atoms with E-state index in [1.807, 2.05) is 18.7 Å². The molecule has 3 heterocycles. The summed E-state index contributed by atoms with van der Waals surface area (Å²) in [5, 5.41) is 3.99. The van der Waals surface area contributed by atoms with Crippen molar-refractivity contribution in [1.82, 2.24) is 19.4 Å². The van der Waals surface area contributed by atoms with Gasteiger partial charge < -0.3 is 9.80 Å². The summed E-state index contributed by atoms with van der Waals surface area (Å²) in [6.07, 6.45) is 3.68. The van der Waals surface area contributed by atoms with Gasteiger partial charge in [-0.1, -0.05) is 4.49 Å². The lowest BCUT2D eigenvalue weighted by Crippen LogP contribution is -2.47. The van der Waals surface area contributed by atoms with Crippen LogP contribution in [0, 0.1) is 6.92 Å². The molecule has 1 aromatic heterocycles. The van der Waals surface area contributed by atoms with Gasteiger partial charge in [0.25, 0.3) is 5.91 Å². The van der Waals surface area contributed by atoms with Gasteiger partial charge in [0.2, 0.25) is 0 Å². The van der Waals surface area contributed by atoms with Crippen LogP contribution in [0.3, 0.4) is 0 Å². The maximum absolute atomic E-state index is 12.8. The first-order chi connectivity index (χ1) is 10.3. The summed E-state index contributed by atoms with van der Waals surface area (Å²) >= 11 is 3.21. The second-order valence-electron chi connectivity index (χ2n) is 5.78. The zero-order chi connectivity index (χ0) is 14.7. The highest BCUT2D eigenvalue weighted by atomic mass is 32.2. The summed E-state index contributed by atoms with van der Waals surface area (Å²) < 4.78 is 3.92. The quantitative estimate of drug-likeness (QED) is 0.849. The summed E-state index contributed by atoms with van der Waals surface area (Å²) in [4.78, 5) is 18.2. The first kappa shape index (κ1) is 15.2. The van der Waals surface area contributed by atoms with E-state index in [4.69, 9.17) is 0 Å². The van der Waals surface area contributed by atoms with Crippen molar-refractivity contribution in [2.24, 2.45) is 0 Å². The van der Waals surface area contributed by atoms with Crippen molar-refractivity contribution < 1.29 is 4.79 Å². The van der Waals surface area contributed by atoms with Crippen molar-refractivity contribution in [1.29, 1.82) is 0 Å². The van der Waals surface area contributed by atoms with Crippen LogP contribution in [-0.2, 0) is 0 Å². The van der Waals surface area contributed by atoms with Gasteiger partial charge >= 0.3 is 0 Å². The average Bonchev–Trinajstić information content (AvgIpc) is 3.07. The lowest BCUT2D eigenvalue weighted by Gasteiger charge is -2.32. The molecule has 2 saturated heterocycles. The van der Waals surface area contributed by atoms with E-state index in [-0.39, 0.29) is 5.91 Å². The highest BCUT2D eigenvalue weighted by Crippen LogP contribution is 2.22. The molecular formula is C14H22N4OS2. The van der Waals surface area contributed by atoms with Crippen LogP contribution in [0.15, 0.2) is 0 Å². The van der Waals surface area contributed by atoms with Crippen LogP contribution in [0.4, 0.5) is 0 Å². The highest BCUT2D eigenvalue weighted by molar-refractivity contribution is 7.99. The number of nitrogens with zero attached hydrogens (tertiary/aromatic N) is 4. The molecule has 2 aliphatic rings. The lowest BCUT2D eigenvalue weighted by atomic mass is 10.2. The molecule has 116 valence electrons. The third kappa shape index (κ3) is 3.57. The van der Waals surface area contributed by atoms with Crippen LogP contribution >= 0.6 is 23.3 Å². The predicted octanol–water partition coefficient (Wildman–Crippen LogP) is 1.89. The van der Waals surface area contributed by atoms with Gasteiger partial charge in [-0.2, -0.15) is 11.8 Å². The summed E-state index contributed by atoms with van der Waals surface area (Å²) in [6.45, 7) is 6.12. The van der Waals surface area contributed by atoms with Crippen molar-refractivity contribution in [3.63, 3.8) is 0 Å². The van der Waals surface area contributed by atoms with Crippen molar-refractivity contribution in [3.8, 4) is 0 Å². The summed E-state index contributed by atoms with van der Waals surface area (Å²) in [6, 6.07) is 0.324. The second-order valence-corrected chi connectivity index (χ2v) is 7.68. The molecule has 2 aliphatic heterocycles. The van der Waals surface area contributed by atoms with E-state index < -0.39 is 0 Å².